The van der Waals surface area contributed by atoms with Gasteiger partial charge in [-0.05, 0) is 42.0 Å². The molecular formula is C18H13NO4. The molecule has 2 N–H and O–H groups in total. The number of carboxylic acids is 1. The Morgan fingerprint density at radius 1 is 1.13 bits per heavy atom. The van der Waals surface area contributed by atoms with Crippen LogP contribution in [0.25, 0.3) is 6.08 Å². The smallest absolute Gasteiger partial charge is 0.307 e. The number of phenols is 1. The van der Waals surface area contributed by atoms with E-state index in [9.17, 15) is 14.7 Å². The number of nitrogens with zero attached hydrogens (tertiary/aromatic N) is 1. The summed E-state index contributed by atoms with van der Waals surface area (Å²) in [6.45, 7) is 0. The van der Waals surface area contributed by atoms with Crippen molar-refractivity contribution >= 4 is 17.8 Å². The van der Waals surface area contributed by atoms with E-state index in [2.05, 4.69) is 0 Å². The number of hydrogen-bond acceptors (Lipinski definition) is 4. The van der Waals surface area contributed by atoms with Crippen LogP contribution in [-0.4, -0.2) is 22.0 Å². The molecule has 0 radical (unpaired) electrons. The van der Waals surface area contributed by atoms with Crippen LogP contribution >= 0.6 is 0 Å². The van der Waals surface area contributed by atoms with Crippen molar-refractivity contribution in [1.29, 1.82) is 5.26 Å². The number of hydrogen-bond donors (Lipinski definition) is 2. The molecule has 0 heterocycles. The minimum Gasteiger partial charge on any atom is -0.508 e. The van der Waals surface area contributed by atoms with Crippen LogP contribution in [0.4, 0.5) is 0 Å². The van der Waals surface area contributed by atoms with Gasteiger partial charge in [0, 0.05) is 11.1 Å². The monoisotopic (exact) mass is 307 g/mol. The lowest BCUT2D eigenvalue weighted by molar-refractivity contribution is -0.136. The Labute approximate surface area is 132 Å². The number of allylic oxidation sites excluding steroid dienone is 1. The molecule has 0 unspecified atom stereocenters. The molecule has 0 aliphatic heterocycles. The van der Waals surface area contributed by atoms with Crippen LogP contribution in [0.15, 0.2) is 48.5 Å². The number of benzene rings is 2. The first-order valence-corrected chi connectivity index (χ1v) is 6.76. The molecule has 2 aromatic carbocycles. The summed E-state index contributed by atoms with van der Waals surface area (Å²) in [6.07, 6.45) is 2.61. The number of aromatic hydroxyl groups is 1. The van der Waals surface area contributed by atoms with E-state index in [4.69, 9.17) is 10.4 Å². The van der Waals surface area contributed by atoms with Crippen LogP contribution in [-0.2, 0) is 11.2 Å². The summed E-state index contributed by atoms with van der Waals surface area (Å²) < 4.78 is 0. The van der Waals surface area contributed by atoms with Gasteiger partial charge < -0.3 is 10.2 Å². The lowest BCUT2D eigenvalue weighted by atomic mass is 10.0. The summed E-state index contributed by atoms with van der Waals surface area (Å²) in [5.41, 5.74) is 1.78. The van der Waals surface area contributed by atoms with Crippen LogP contribution in [0.5, 0.6) is 5.75 Å². The molecule has 2 rings (SSSR count). The van der Waals surface area contributed by atoms with Gasteiger partial charge in [-0.1, -0.05) is 18.2 Å². The molecule has 0 fully saturated rings. The fourth-order valence-corrected chi connectivity index (χ4v) is 1.98. The molecule has 5 heteroatoms. The zero-order chi connectivity index (χ0) is 16.8. The standard InChI is InChI=1S/C18H13NO4/c19-11-13-3-1-12(2-4-13)5-7-16(20)14-6-8-17(21)15(9-14)10-18(22)23/h1-9,21H,10H2,(H,22,23)/b7-5+. The zero-order valence-electron chi connectivity index (χ0n) is 12.1. The molecule has 0 aliphatic carbocycles. The number of carbonyl (C=O) groups is 2. The van der Waals surface area contributed by atoms with Gasteiger partial charge in [-0.15, -0.1) is 0 Å². The lowest BCUT2D eigenvalue weighted by Gasteiger charge is -2.04. The van der Waals surface area contributed by atoms with Gasteiger partial charge >= 0.3 is 5.97 Å². The summed E-state index contributed by atoms with van der Waals surface area (Å²) >= 11 is 0. The second kappa shape index (κ2) is 7.05. The molecule has 0 amide bonds. The van der Waals surface area contributed by atoms with Crippen LogP contribution in [0.2, 0.25) is 0 Å². The molecule has 0 atom stereocenters. The molecule has 0 bridgehead atoms. The Balaban J connectivity index is 2.18. The molecule has 5 nitrogen and oxygen atoms in total. The van der Waals surface area contributed by atoms with Crippen molar-refractivity contribution in [3.8, 4) is 11.8 Å². The number of aliphatic carboxylic acids is 1. The maximum atomic E-state index is 12.1. The molecule has 2 aromatic rings. The highest BCUT2D eigenvalue weighted by molar-refractivity contribution is 6.07. The summed E-state index contributed by atoms with van der Waals surface area (Å²) in [4.78, 5) is 22.9. The van der Waals surface area contributed by atoms with E-state index in [1.54, 1.807) is 30.3 Å². The highest BCUT2D eigenvalue weighted by Gasteiger charge is 2.10. The topological polar surface area (TPSA) is 98.4 Å². The van der Waals surface area contributed by atoms with Crippen LogP contribution in [0, 0.1) is 11.3 Å². The minimum absolute atomic E-state index is 0.153. The Hall–Kier alpha value is -3.39. The van der Waals surface area contributed by atoms with Gasteiger partial charge in [0.2, 0.25) is 0 Å². The SMILES string of the molecule is N#Cc1ccc(/C=C/C(=O)c2ccc(O)c(CC(=O)O)c2)cc1. The predicted molar refractivity (Wildman–Crippen MR) is 84.0 cm³/mol. The van der Waals surface area contributed by atoms with Gasteiger partial charge in [-0.2, -0.15) is 5.26 Å². The van der Waals surface area contributed by atoms with Crippen molar-refractivity contribution in [3.05, 3.63) is 70.8 Å². The van der Waals surface area contributed by atoms with E-state index in [-0.39, 0.29) is 23.5 Å². The predicted octanol–water partition coefficient (Wildman–Crippen LogP) is 2.79. The second-order valence-corrected chi connectivity index (χ2v) is 4.85. The second-order valence-electron chi connectivity index (χ2n) is 4.85. The third kappa shape index (κ3) is 4.29. The van der Waals surface area contributed by atoms with Crippen LogP contribution in [0.3, 0.4) is 0 Å². The molecule has 23 heavy (non-hydrogen) atoms. The molecular weight excluding hydrogens is 294 g/mol. The normalized spacial score (nSPS) is 10.4. The molecule has 0 saturated carbocycles. The first-order valence-electron chi connectivity index (χ1n) is 6.76. The molecule has 0 saturated heterocycles. The van der Waals surface area contributed by atoms with Gasteiger partial charge in [0.25, 0.3) is 0 Å². The largest absolute Gasteiger partial charge is 0.508 e. The highest BCUT2D eigenvalue weighted by atomic mass is 16.4. The van der Waals surface area contributed by atoms with Crippen molar-refractivity contribution in [2.24, 2.45) is 0 Å². The molecule has 114 valence electrons. The Morgan fingerprint density at radius 3 is 2.43 bits per heavy atom. The van der Waals surface area contributed by atoms with Crippen molar-refractivity contribution in [2.75, 3.05) is 0 Å². The Morgan fingerprint density at radius 2 is 1.83 bits per heavy atom. The highest BCUT2D eigenvalue weighted by Crippen LogP contribution is 2.20. The first kappa shape index (κ1) is 16.0. The number of nitriles is 1. The van der Waals surface area contributed by atoms with Gasteiger partial charge in [0.15, 0.2) is 5.78 Å². The number of rotatable bonds is 5. The van der Waals surface area contributed by atoms with Crippen LogP contribution < -0.4 is 0 Å². The minimum atomic E-state index is -1.09. The molecule has 0 spiro atoms. The molecule has 0 aromatic heterocycles. The summed E-state index contributed by atoms with van der Waals surface area (Å²) in [6, 6.07) is 12.9. The number of carboxylic acid groups (broad SMARTS) is 1. The van der Waals surface area contributed by atoms with Gasteiger partial charge in [0.1, 0.15) is 5.75 Å². The number of phenolic OH excluding ortho intramolecular Hbond substituents is 1. The summed E-state index contributed by atoms with van der Waals surface area (Å²) in [7, 11) is 0. The summed E-state index contributed by atoms with van der Waals surface area (Å²) in [5.74, 6) is -1.54. The lowest BCUT2D eigenvalue weighted by Crippen LogP contribution is -2.02. The van der Waals surface area contributed by atoms with Crippen LogP contribution in [0.1, 0.15) is 27.0 Å². The Bertz CT molecular complexity index is 814. The van der Waals surface area contributed by atoms with Gasteiger partial charge in [0.05, 0.1) is 18.1 Å². The third-order valence-electron chi connectivity index (χ3n) is 3.17. The Kier molecular flexibility index (Phi) is 4.90. The third-order valence-corrected chi connectivity index (χ3v) is 3.17. The maximum absolute atomic E-state index is 12.1. The van der Waals surface area contributed by atoms with E-state index in [0.29, 0.717) is 11.1 Å². The van der Waals surface area contributed by atoms with E-state index in [1.165, 1.54) is 24.3 Å². The number of carbonyl (C=O) groups excluding carboxylic acids is 1. The quantitative estimate of drug-likeness (QED) is 0.653. The average molecular weight is 307 g/mol. The van der Waals surface area contributed by atoms with Crippen molar-refractivity contribution in [1.82, 2.24) is 0 Å². The fourth-order valence-electron chi connectivity index (χ4n) is 1.98. The zero-order valence-corrected chi connectivity index (χ0v) is 12.1. The van der Waals surface area contributed by atoms with E-state index < -0.39 is 5.97 Å². The van der Waals surface area contributed by atoms with Crippen molar-refractivity contribution < 1.29 is 19.8 Å². The van der Waals surface area contributed by atoms with E-state index in [1.807, 2.05) is 6.07 Å². The molecule has 0 aliphatic rings. The maximum Gasteiger partial charge on any atom is 0.307 e. The van der Waals surface area contributed by atoms with Gasteiger partial charge in [-0.3, -0.25) is 9.59 Å². The first-order chi connectivity index (χ1) is 11.0. The van der Waals surface area contributed by atoms with E-state index >= 15 is 0 Å². The fraction of sp³-hybridized carbons (Fsp3) is 0.0556. The summed E-state index contributed by atoms with van der Waals surface area (Å²) in [5, 5.41) is 27.1. The van der Waals surface area contributed by atoms with Crippen molar-refractivity contribution in [3.63, 3.8) is 0 Å². The average Bonchev–Trinajstić information content (AvgIpc) is 2.54. The van der Waals surface area contributed by atoms with E-state index in [0.717, 1.165) is 5.56 Å². The number of ketones is 1. The van der Waals surface area contributed by atoms with Crippen molar-refractivity contribution in [2.45, 2.75) is 6.42 Å². The van der Waals surface area contributed by atoms with Gasteiger partial charge in [-0.25, -0.2) is 0 Å².